The normalized spacial score (nSPS) is 24.3. The van der Waals surface area contributed by atoms with E-state index in [2.05, 4.69) is 15.2 Å². The van der Waals surface area contributed by atoms with Crippen LogP contribution in [0.3, 0.4) is 0 Å². The highest BCUT2D eigenvalue weighted by Gasteiger charge is 2.44. The average molecular weight is 648 g/mol. The van der Waals surface area contributed by atoms with Gasteiger partial charge in [0.2, 0.25) is 11.8 Å². The number of amides is 2. The van der Waals surface area contributed by atoms with Crippen molar-refractivity contribution in [2.45, 2.75) is 56.5 Å². The van der Waals surface area contributed by atoms with Gasteiger partial charge in [-0.15, -0.1) is 0 Å². The van der Waals surface area contributed by atoms with Gasteiger partial charge in [-0.25, -0.2) is 4.79 Å². The first-order valence-electron chi connectivity index (χ1n) is 17.0. The van der Waals surface area contributed by atoms with Gasteiger partial charge < -0.3 is 30.4 Å². The number of hydrogen-bond donors (Lipinski definition) is 3. The van der Waals surface area contributed by atoms with Crippen molar-refractivity contribution in [1.82, 2.24) is 14.8 Å². The molecule has 2 aliphatic heterocycles. The molecule has 252 valence electrons. The molecule has 2 amide bonds. The number of aromatic nitrogens is 1. The highest BCUT2D eigenvalue weighted by molar-refractivity contribution is 6.01. The Hall–Kier alpha value is -3.80. The van der Waals surface area contributed by atoms with Crippen LogP contribution in [0, 0.1) is 11.8 Å². The molecule has 3 atom stereocenters. The molecule has 6 rings (SSSR count). The van der Waals surface area contributed by atoms with Gasteiger partial charge in [0.25, 0.3) is 0 Å². The van der Waals surface area contributed by atoms with Crippen LogP contribution in [0.4, 0.5) is 10.1 Å². The van der Waals surface area contributed by atoms with E-state index in [-0.39, 0.29) is 35.6 Å². The predicted molar refractivity (Wildman–Crippen MR) is 178 cm³/mol. The number of nitrogens with zero attached hydrogens (tertiary/aromatic N) is 2. The Morgan fingerprint density at radius 1 is 1.00 bits per heavy atom. The molecule has 10 nitrogen and oxygen atoms in total. The number of rotatable bonds is 11. The zero-order chi connectivity index (χ0) is 32.8. The van der Waals surface area contributed by atoms with E-state index in [0.29, 0.717) is 70.0 Å². The van der Waals surface area contributed by atoms with Gasteiger partial charge in [0.1, 0.15) is 18.3 Å². The molecule has 0 spiro atoms. The number of likely N-dealkylation sites (tertiary alicyclic amines) is 1. The van der Waals surface area contributed by atoms with Crippen molar-refractivity contribution in [1.29, 1.82) is 0 Å². The van der Waals surface area contributed by atoms with Crippen LogP contribution in [0.25, 0.3) is 10.9 Å². The monoisotopic (exact) mass is 647 g/mol. The van der Waals surface area contributed by atoms with Crippen LogP contribution in [0.5, 0.6) is 0 Å². The molecular formula is C36H46FN5O5. The van der Waals surface area contributed by atoms with E-state index in [1.807, 2.05) is 42.5 Å². The van der Waals surface area contributed by atoms with Crippen LogP contribution in [-0.4, -0.2) is 97.3 Å². The lowest BCUT2D eigenvalue weighted by Crippen LogP contribution is -2.48. The number of nitrogens with two attached hydrogens (primary N) is 1. The van der Waals surface area contributed by atoms with Crippen LogP contribution in [0.1, 0.15) is 60.5 Å². The molecule has 47 heavy (non-hydrogen) atoms. The molecule has 0 radical (unpaired) electrons. The maximum Gasteiger partial charge on any atom is 0.354 e. The smallest absolute Gasteiger partial charge is 0.354 e. The van der Waals surface area contributed by atoms with Crippen molar-refractivity contribution in [2.75, 3.05) is 58.0 Å². The Labute approximate surface area is 275 Å². The number of esters is 1. The van der Waals surface area contributed by atoms with Gasteiger partial charge in [-0.2, -0.15) is 0 Å². The maximum atomic E-state index is 14.1. The Balaban J connectivity index is 1.13. The van der Waals surface area contributed by atoms with Gasteiger partial charge in [-0.1, -0.05) is 30.3 Å². The zero-order valence-corrected chi connectivity index (χ0v) is 26.9. The fraction of sp³-hybridized carbons (Fsp3) is 0.528. The fourth-order valence-corrected chi connectivity index (χ4v) is 7.51. The topological polar surface area (TPSA) is 130 Å². The number of hydrogen-bond acceptors (Lipinski definition) is 7. The highest BCUT2D eigenvalue weighted by atomic mass is 19.1. The number of alkyl halides is 1. The third-order valence-electron chi connectivity index (χ3n) is 10.2. The van der Waals surface area contributed by atoms with Gasteiger partial charge in [0.05, 0.1) is 19.9 Å². The Bertz CT molecular complexity index is 1520. The number of halogens is 1. The summed E-state index contributed by atoms with van der Waals surface area (Å²) in [7, 11) is 0. The molecular weight excluding hydrogens is 601 g/mol. The van der Waals surface area contributed by atoms with E-state index in [1.54, 1.807) is 17.0 Å². The quantitative estimate of drug-likeness (QED) is 0.262. The number of carbonyl (C=O) groups is 3. The molecule has 11 heteroatoms. The number of anilines is 1. The lowest BCUT2D eigenvalue weighted by atomic mass is 9.77. The number of aromatic amines is 1. The third kappa shape index (κ3) is 7.85. The summed E-state index contributed by atoms with van der Waals surface area (Å²) in [4.78, 5) is 47.9. The van der Waals surface area contributed by atoms with Gasteiger partial charge >= 0.3 is 5.97 Å². The molecule has 4 N–H and O–H groups in total. The number of fused-ring (bicyclic) bond motifs is 1. The molecule has 1 aliphatic carbocycles. The highest BCUT2D eigenvalue weighted by Crippen LogP contribution is 2.38. The molecule has 3 aliphatic rings. The number of H-pyrrole nitrogens is 1. The second kappa shape index (κ2) is 15.4. The van der Waals surface area contributed by atoms with Gasteiger partial charge in [0, 0.05) is 60.6 Å². The summed E-state index contributed by atoms with van der Waals surface area (Å²) in [5.41, 5.74) is 8.92. The summed E-state index contributed by atoms with van der Waals surface area (Å²) >= 11 is 0. The molecule has 1 aromatic heterocycles. The van der Waals surface area contributed by atoms with Gasteiger partial charge in [-0.05, 0) is 74.3 Å². The van der Waals surface area contributed by atoms with Crippen molar-refractivity contribution >= 4 is 34.4 Å². The van der Waals surface area contributed by atoms with Crippen molar-refractivity contribution < 1.29 is 28.2 Å². The Kier molecular flexibility index (Phi) is 10.9. The first-order valence-corrected chi connectivity index (χ1v) is 17.0. The van der Waals surface area contributed by atoms with E-state index in [9.17, 15) is 18.8 Å². The molecule has 3 aromatic rings. The number of benzene rings is 2. The van der Waals surface area contributed by atoms with Crippen molar-refractivity contribution in [3.8, 4) is 0 Å². The van der Waals surface area contributed by atoms with Crippen LogP contribution < -0.4 is 11.1 Å². The predicted octanol–water partition coefficient (Wildman–Crippen LogP) is 4.47. The van der Waals surface area contributed by atoms with Crippen LogP contribution >= 0.6 is 0 Å². The minimum atomic E-state index is -0.657. The SMILES string of the molecule is N[C@H](CCF)C1CCC(C(=O)N2CC[C@H](c3ccccc3)[C@H]2C(=O)Nc2ccc3[nH]c(C(=O)OCCN4CCOCC4)cc3c2)CC1. The first kappa shape index (κ1) is 33.1. The minimum absolute atomic E-state index is 0.0129. The summed E-state index contributed by atoms with van der Waals surface area (Å²) in [6.07, 6.45) is 4.04. The molecule has 3 fully saturated rings. The van der Waals surface area contributed by atoms with Crippen LogP contribution in [-0.2, 0) is 19.1 Å². The summed E-state index contributed by atoms with van der Waals surface area (Å²) in [5.74, 6) is -0.726. The first-order chi connectivity index (χ1) is 22.9. The van der Waals surface area contributed by atoms with Gasteiger partial charge in [-0.3, -0.25) is 18.9 Å². The third-order valence-corrected chi connectivity index (χ3v) is 10.2. The number of ether oxygens (including phenoxy) is 2. The molecule has 3 heterocycles. The zero-order valence-electron chi connectivity index (χ0n) is 26.9. The lowest BCUT2D eigenvalue weighted by molar-refractivity contribution is -0.141. The van der Waals surface area contributed by atoms with Crippen molar-refractivity contribution in [3.05, 3.63) is 65.9 Å². The number of morpholine rings is 1. The summed E-state index contributed by atoms with van der Waals surface area (Å²) in [6.45, 7) is 4.08. The lowest BCUT2D eigenvalue weighted by Gasteiger charge is -2.35. The summed E-state index contributed by atoms with van der Waals surface area (Å²) in [6, 6.07) is 16.3. The Morgan fingerprint density at radius 2 is 1.77 bits per heavy atom. The second-order valence-corrected chi connectivity index (χ2v) is 13.1. The minimum Gasteiger partial charge on any atom is -0.460 e. The molecule has 2 aromatic carbocycles. The second-order valence-electron chi connectivity index (χ2n) is 13.1. The molecule has 0 unspecified atom stereocenters. The van der Waals surface area contributed by atoms with E-state index >= 15 is 0 Å². The molecule has 2 saturated heterocycles. The number of carbonyl (C=O) groups excluding carboxylic acids is 3. The Morgan fingerprint density at radius 3 is 2.51 bits per heavy atom. The van der Waals surface area contributed by atoms with Crippen molar-refractivity contribution in [3.63, 3.8) is 0 Å². The van der Waals surface area contributed by atoms with Crippen LogP contribution in [0.15, 0.2) is 54.6 Å². The molecule has 1 saturated carbocycles. The van der Waals surface area contributed by atoms with Crippen LogP contribution in [0.2, 0.25) is 0 Å². The standard InChI is InChI=1S/C36H46FN5O5/c37-14-12-30(38)25-6-8-26(9-7-25)35(44)42-15-13-29(24-4-2-1-3-5-24)33(42)34(43)39-28-10-11-31-27(22-28)23-32(40-31)36(45)47-21-18-41-16-19-46-20-17-41/h1-5,10-11,22-23,25-26,29-30,33,40H,6-9,12-21,38H2,(H,39,43)/t25?,26?,29-,30-,33+/m1/s1. The number of nitrogens with one attached hydrogen (secondary N) is 2. The fourth-order valence-electron chi connectivity index (χ4n) is 7.51. The van der Waals surface area contributed by atoms with E-state index in [4.69, 9.17) is 15.2 Å². The maximum absolute atomic E-state index is 14.1. The summed E-state index contributed by atoms with van der Waals surface area (Å²) < 4.78 is 23.7. The van der Waals surface area contributed by atoms with Crippen molar-refractivity contribution in [2.24, 2.45) is 17.6 Å². The average Bonchev–Trinajstić information content (AvgIpc) is 3.74. The van der Waals surface area contributed by atoms with Gasteiger partial charge in [0.15, 0.2) is 0 Å². The molecule has 0 bridgehead atoms. The van der Waals surface area contributed by atoms with E-state index in [1.165, 1.54) is 0 Å². The largest absolute Gasteiger partial charge is 0.460 e. The summed E-state index contributed by atoms with van der Waals surface area (Å²) in [5, 5.41) is 3.85. The van der Waals surface area contributed by atoms with E-state index in [0.717, 1.165) is 42.4 Å². The van der Waals surface area contributed by atoms with E-state index < -0.39 is 18.7 Å².